The SMILES string of the molecule is Cc1ccc(C(C)NC2=NCCCCC2)cc1. The number of nitrogens with zero attached hydrogens (tertiary/aromatic N) is 1. The molecule has 1 aliphatic heterocycles. The molecule has 17 heavy (non-hydrogen) atoms. The van der Waals surface area contributed by atoms with E-state index >= 15 is 0 Å². The third-order valence-corrected chi connectivity index (χ3v) is 3.33. The van der Waals surface area contributed by atoms with Crippen molar-refractivity contribution in [2.45, 2.75) is 45.6 Å². The summed E-state index contributed by atoms with van der Waals surface area (Å²) in [6.45, 7) is 5.32. The summed E-state index contributed by atoms with van der Waals surface area (Å²) < 4.78 is 0. The Bertz CT molecular complexity index is 378. The predicted octanol–water partition coefficient (Wildman–Crippen LogP) is 3.62. The van der Waals surface area contributed by atoms with Gasteiger partial charge in [-0.3, -0.25) is 4.99 Å². The zero-order valence-corrected chi connectivity index (χ0v) is 10.9. The number of rotatable bonds is 2. The summed E-state index contributed by atoms with van der Waals surface area (Å²) in [6, 6.07) is 9.09. The third-order valence-electron chi connectivity index (χ3n) is 3.33. The van der Waals surface area contributed by atoms with Crippen molar-refractivity contribution in [3.63, 3.8) is 0 Å². The summed E-state index contributed by atoms with van der Waals surface area (Å²) >= 11 is 0. The van der Waals surface area contributed by atoms with Crippen molar-refractivity contribution in [2.24, 2.45) is 4.99 Å². The Morgan fingerprint density at radius 3 is 2.65 bits per heavy atom. The molecule has 92 valence electrons. The molecule has 1 aromatic rings. The maximum atomic E-state index is 4.61. The zero-order chi connectivity index (χ0) is 12.1. The van der Waals surface area contributed by atoms with Crippen LogP contribution in [0.25, 0.3) is 0 Å². The third kappa shape index (κ3) is 3.58. The van der Waals surface area contributed by atoms with Gasteiger partial charge < -0.3 is 5.32 Å². The van der Waals surface area contributed by atoms with E-state index in [1.807, 2.05) is 0 Å². The number of benzene rings is 1. The number of hydrogen-bond acceptors (Lipinski definition) is 2. The molecule has 0 radical (unpaired) electrons. The Kier molecular flexibility index (Phi) is 4.18. The van der Waals surface area contributed by atoms with Crippen molar-refractivity contribution in [1.29, 1.82) is 0 Å². The Morgan fingerprint density at radius 1 is 1.12 bits per heavy atom. The second-order valence-corrected chi connectivity index (χ2v) is 4.92. The van der Waals surface area contributed by atoms with E-state index < -0.39 is 0 Å². The van der Waals surface area contributed by atoms with E-state index in [0.29, 0.717) is 6.04 Å². The lowest BCUT2D eigenvalue weighted by Crippen LogP contribution is -2.26. The molecule has 2 rings (SSSR count). The maximum absolute atomic E-state index is 4.61. The molecule has 0 saturated carbocycles. The van der Waals surface area contributed by atoms with E-state index in [4.69, 9.17) is 0 Å². The van der Waals surface area contributed by atoms with Crippen molar-refractivity contribution >= 4 is 5.84 Å². The quantitative estimate of drug-likeness (QED) is 0.824. The average Bonchev–Trinajstić information content (AvgIpc) is 2.58. The fourth-order valence-electron chi connectivity index (χ4n) is 2.18. The van der Waals surface area contributed by atoms with Gasteiger partial charge >= 0.3 is 0 Å². The molecular formula is C15H22N2. The molecule has 0 spiro atoms. The van der Waals surface area contributed by atoms with Crippen LogP contribution in [0.5, 0.6) is 0 Å². The molecule has 2 nitrogen and oxygen atoms in total. The van der Waals surface area contributed by atoms with Gasteiger partial charge in [-0.15, -0.1) is 0 Å². The highest BCUT2D eigenvalue weighted by atomic mass is 15.0. The molecule has 0 aromatic heterocycles. The summed E-state index contributed by atoms with van der Waals surface area (Å²) in [5.41, 5.74) is 2.65. The molecule has 0 amide bonds. The molecule has 1 unspecified atom stereocenters. The molecule has 2 heteroatoms. The highest BCUT2D eigenvalue weighted by Gasteiger charge is 2.09. The van der Waals surface area contributed by atoms with Crippen LogP contribution in [0.4, 0.5) is 0 Å². The second-order valence-electron chi connectivity index (χ2n) is 4.92. The van der Waals surface area contributed by atoms with Crippen LogP contribution in [-0.2, 0) is 0 Å². The van der Waals surface area contributed by atoms with Gasteiger partial charge in [-0.1, -0.05) is 36.2 Å². The molecule has 0 fully saturated rings. The van der Waals surface area contributed by atoms with Crippen LogP contribution in [0.15, 0.2) is 29.3 Å². The van der Waals surface area contributed by atoms with Gasteiger partial charge in [0.2, 0.25) is 0 Å². The first-order chi connectivity index (χ1) is 8.25. The van der Waals surface area contributed by atoms with E-state index in [0.717, 1.165) is 13.0 Å². The van der Waals surface area contributed by atoms with Gasteiger partial charge in [-0.2, -0.15) is 0 Å². The minimum absolute atomic E-state index is 0.354. The lowest BCUT2D eigenvalue weighted by atomic mass is 10.1. The summed E-state index contributed by atoms with van der Waals surface area (Å²) in [6.07, 6.45) is 4.93. The molecule has 0 bridgehead atoms. The highest BCUT2D eigenvalue weighted by molar-refractivity contribution is 5.82. The van der Waals surface area contributed by atoms with Crippen LogP contribution in [0.3, 0.4) is 0 Å². The lowest BCUT2D eigenvalue weighted by molar-refractivity contribution is 0.693. The van der Waals surface area contributed by atoms with Crippen LogP contribution < -0.4 is 5.32 Å². The fraction of sp³-hybridized carbons (Fsp3) is 0.533. The number of nitrogens with one attached hydrogen (secondary N) is 1. The first kappa shape index (κ1) is 12.2. The molecule has 0 saturated heterocycles. The number of aliphatic imine (C=N–C) groups is 1. The highest BCUT2D eigenvalue weighted by Crippen LogP contribution is 2.15. The van der Waals surface area contributed by atoms with E-state index in [2.05, 4.69) is 48.4 Å². The molecule has 1 heterocycles. The maximum Gasteiger partial charge on any atom is 0.0967 e. The Hall–Kier alpha value is -1.31. The molecule has 1 aliphatic rings. The van der Waals surface area contributed by atoms with E-state index in [1.165, 1.54) is 36.2 Å². The second kappa shape index (κ2) is 5.85. The number of hydrogen-bond donors (Lipinski definition) is 1. The standard InChI is InChI=1S/C15H22N2/c1-12-7-9-14(10-8-12)13(2)17-15-6-4-3-5-11-16-15/h7-10,13H,3-6,11H2,1-2H3,(H,16,17). The smallest absolute Gasteiger partial charge is 0.0967 e. The van der Waals surface area contributed by atoms with Crippen LogP contribution in [0, 0.1) is 6.92 Å². The Balaban J connectivity index is 1.98. The Labute approximate surface area is 104 Å². The van der Waals surface area contributed by atoms with Gasteiger partial charge in [0.25, 0.3) is 0 Å². The van der Waals surface area contributed by atoms with Crippen LogP contribution in [0.2, 0.25) is 0 Å². The van der Waals surface area contributed by atoms with Gasteiger partial charge in [0.15, 0.2) is 0 Å². The van der Waals surface area contributed by atoms with Crippen LogP contribution >= 0.6 is 0 Å². The first-order valence-electron chi connectivity index (χ1n) is 6.62. The fourth-order valence-corrected chi connectivity index (χ4v) is 2.18. The van der Waals surface area contributed by atoms with Crippen molar-refractivity contribution in [3.05, 3.63) is 35.4 Å². The summed E-state index contributed by atoms with van der Waals surface area (Å²) in [7, 11) is 0. The Morgan fingerprint density at radius 2 is 1.88 bits per heavy atom. The van der Waals surface area contributed by atoms with Crippen LogP contribution in [0.1, 0.15) is 49.8 Å². The molecular weight excluding hydrogens is 208 g/mol. The minimum atomic E-state index is 0.354. The molecule has 1 atom stereocenters. The van der Waals surface area contributed by atoms with Gasteiger partial charge in [0, 0.05) is 19.0 Å². The van der Waals surface area contributed by atoms with E-state index in [1.54, 1.807) is 0 Å². The summed E-state index contributed by atoms with van der Waals surface area (Å²) in [5.74, 6) is 1.19. The van der Waals surface area contributed by atoms with Gasteiger partial charge in [0.05, 0.1) is 5.84 Å². The largest absolute Gasteiger partial charge is 0.367 e. The van der Waals surface area contributed by atoms with Crippen LogP contribution in [-0.4, -0.2) is 12.4 Å². The minimum Gasteiger partial charge on any atom is -0.367 e. The number of aryl methyl sites for hydroxylation is 1. The zero-order valence-electron chi connectivity index (χ0n) is 10.9. The molecule has 1 aromatic carbocycles. The molecule has 0 aliphatic carbocycles. The predicted molar refractivity (Wildman–Crippen MR) is 73.5 cm³/mol. The topological polar surface area (TPSA) is 24.4 Å². The lowest BCUT2D eigenvalue weighted by Gasteiger charge is -2.17. The van der Waals surface area contributed by atoms with E-state index in [-0.39, 0.29) is 0 Å². The molecule has 1 N–H and O–H groups in total. The van der Waals surface area contributed by atoms with Crippen molar-refractivity contribution in [3.8, 4) is 0 Å². The average molecular weight is 230 g/mol. The van der Waals surface area contributed by atoms with E-state index in [9.17, 15) is 0 Å². The monoisotopic (exact) mass is 230 g/mol. The summed E-state index contributed by atoms with van der Waals surface area (Å²) in [4.78, 5) is 4.61. The van der Waals surface area contributed by atoms with Crippen molar-refractivity contribution < 1.29 is 0 Å². The van der Waals surface area contributed by atoms with Crippen molar-refractivity contribution in [2.75, 3.05) is 6.54 Å². The summed E-state index contributed by atoms with van der Waals surface area (Å²) in [5, 5.41) is 3.54. The normalized spacial score (nSPS) is 18.1. The first-order valence-corrected chi connectivity index (χ1v) is 6.62. The van der Waals surface area contributed by atoms with Gasteiger partial charge in [-0.25, -0.2) is 0 Å². The van der Waals surface area contributed by atoms with Gasteiger partial charge in [0.1, 0.15) is 0 Å². The van der Waals surface area contributed by atoms with Crippen molar-refractivity contribution in [1.82, 2.24) is 5.32 Å². The van der Waals surface area contributed by atoms with Gasteiger partial charge in [-0.05, 0) is 32.3 Å². The number of amidine groups is 1.